The number of aryl methyl sites for hydroxylation is 2. The number of benzene rings is 1. The highest BCUT2D eigenvalue weighted by molar-refractivity contribution is 5.98. The van der Waals surface area contributed by atoms with Gasteiger partial charge in [0.15, 0.2) is 0 Å². The molecule has 1 heterocycles. The number of hydrogen-bond donors (Lipinski definition) is 2. The van der Waals surface area contributed by atoms with Crippen LogP contribution in [0, 0.1) is 6.92 Å². The summed E-state index contributed by atoms with van der Waals surface area (Å²) in [6.07, 6.45) is 1.85. The number of anilines is 3. The van der Waals surface area contributed by atoms with Crippen molar-refractivity contribution >= 4 is 23.0 Å². The summed E-state index contributed by atoms with van der Waals surface area (Å²) in [4.78, 5) is 11.6. The van der Waals surface area contributed by atoms with E-state index in [9.17, 15) is 4.79 Å². The van der Waals surface area contributed by atoms with E-state index >= 15 is 0 Å². The Morgan fingerprint density at radius 2 is 2.16 bits per heavy atom. The van der Waals surface area contributed by atoms with Crippen LogP contribution >= 0.6 is 0 Å². The minimum absolute atomic E-state index is 0.342. The van der Waals surface area contributed by atoms with E-state index < -0.39 is 5.97 Å². The second-order valence-corrected chi connectivity index (χ2v) is 4.19. The second kappa shape index (κ2) is 5.01. The number of ether oxygens (including phenoxy) is 1. The molecule has 1 aromatic carbocycles. The zero-order valence-corrected chi connectivity index (χ0v) is 11.1. The quantitative estimate of drug-likeness (QED) is 0.650. The molecular formula is C13H16N4O2. The Kier molecular flexibility index (Phi) is 3.41. The van der Waals surface area contributed by atoms with Crippen LogP contribution in [0.4, 0.5) is 17.1 Å². The van der Waals surface area contributed by atoms with Gasteiger partial charge in [-0.15, -0.1) is 0 Å². The Morgan fingerprint density at radius 3 is 2.74 bits per heavy atom. The number of esters is 1. The monoisotopic (exact) mass is 260 g/mol. The molecule has 6 nitrogen and oxygen atoms in total. The van der Waals surface area contributed by atoms with Crippen LogP contribution in [0.5, 0.6) is 0 Å². The number of para-hydroxylation sites is 1. The summed E-state index contributed by atoms with van der Waals surface area (Å²) in [6, 6.07) is 5.17. The van der Waals surface area contributed by atoms with Crippen molar-refractivity contribution in [3.05, 3.63) is 35.7 Å². The lowest BCUT2D eigenvalue weighted by Gasteiger charge is -2.11. The van der Waals surface area contributed by atoms with E-state index in [2.05, 4.69) is 15.2 Å². The molecule has 0 aliphatic heterocycles. The Morgan fingerprint density at radius 1 is 1.42 bits per heavy atom. The summed E-state index contributed by atoms with van der Waals surface area (Å²) in [7, 11) is 3.17. The number of rotatable bonds is 3. The highest BCUT2D eigenvalue weighted by Crippen LogP contribution is 2.27. The van der Waals surface area contributed by atoms with Gasteiger partial charge in [0.1, 0.15) is 0 Å². The minimum atomic E-state index is -0.455. The summed E-state index contributed by atoms with van der Waals surface area (Å²) in [5, 5.41) is 7.40. The van der Waals surface area contributed by atoms with Crippen LogP contribution in [0.15, 0.2) is 24.4 Å². The van der Waals surface area contributed by atoms with Crippen molar-refractivity contribution in [2.45, 2.75) is 6.92 Å². The van der Waals surface area contributed by atoms with Crippen LogP contribution in [0.3, 0.4) is 0 Å². The van der Waals surface area contributed by atoms with Crippen molar-refractivity contribution in [3.8, 4) is 0 Å². The van der Waals surface area contributed by atoms with E-state index in [4.69, 9.17) is 5.73 Å². The third kappa shape index (κ3) is 2.52. The Labute approximate surface area is 111 Å². The molecule has 100 valence electrons. The van der Waals surface area contributed by atoms with Crippen molar-refractivity contribution in [1.29, 1.82) is 0 Å². The van der Waals surface area contributed by atoms with E-state index in [1.165, 1.54) is 7.11 Å². The van der Waals surface area contributed by atoms with Gasteiger partial charge in [0.25, 0.3) is 0 Å². The van der Waals surface area contributed by atoms with Gasteiger partial charge in [-0.2, -0.15) is 5.10 Å². The van der Waals surface area contributed by atoms with Crippen LogP contribution < -0.4 is 11.1 Å². The first-order valence-corrected chi connectivity index (χ1v) is 5.77. The average molecular weight is 260 g/mol. The van der Waals surface area contributed by atoms with Crippen molar-refractivity contribution in [3.63, 3.8) is 0 Å². The van der Waals surface area contributed by atoms with Gasteiger partial charge in [-0.3, -0.25) is 4.68 Å². The molecule has 6 heteroatoms. The molecule has 0 saturated heterocycles. The van der Waals surface area contributed by atoms with Crippen LogP contribution in [-0.2, 0) is 11.8 Å². The lowest BCUT2D eigenvalue weighted by atomic mass is 10.1. The lowest BCUT2D eigenvalue weighted by Crippen LogP contribution is -2.07. The zero-order chi connectivity index (χ0) is 14.0. The lowest BCUT2D eigenvalue weighted by molar-refractivity contribution is 0.0602. The standard InChI is InChI=1S/C13H16N4O2/c1-8-11(7-17(2)16-8)15-10-6-4-5-9(12(10)14)13(18)19-3/h4-7,15H,14H2,1-3H3. The Hall–Kier alpha value is -2.50. The topological polar surface area (TPSA) is 82.2 Å². The molecule has 1 aromatic heterocycles. The summed E-state index contributed by atoms with van der Waals surface area (Å²) in [5.74, 6) is -0.455. The SMILES string of the molecule is COC(=O)c1cccc(Nc2cn(C)nc2C)c1N. The Balaban J connectivity index is 2.36. The third-order valence-electron chi connectivity index (χ3n) is 2.79. The van der Waals surface area contributed by atoms with Gasteiger partial charge in [-0.25, -0.2) is 4.79 Å². The van der Waals surface area contributed by atoms with E-state index in [-0.39, 0.29) is 0 Å². The van der Waals surface area contributed by atoms with Crippen molar-refractivity contribution in [2.24, 2.45) is 7.05 Å². The van der Waals surface area contributed by atoms with Crippen LogP contribution in [-0.4, -0.2) is 22.9 Å². The summed E-state index contributed by atoms with van der Waals surface area (Å²) >= 11 is 0. The largest absolute Gasteiger partial charge is 0.465 e. The van der Waals surface area contributed by atoms with Crippen molar-refractivity contribution < 1.29 is 9.53 Å². The molecular weight excluding hydrogens is 244 g/mol. The van der Waals surface area contributed by atoms with E-state index in [0.717, 1.165) is 11.4 Å². The third-order valence-corrected chi connectivity index (χ3v) is 2.79. The molecule has 0 aliphatic carbocycles. The van der Waals surface area contributed by atoms with Crippen molar-refractivity contribution in [2.75, 3.05) is 18.2 Å². The van der Waals surface area contributed by atoms with Gasteiger partial charge in [0.05, 0.1) is 35.4 Å². The number of carbonyl (C=O) groups is 1. The van der Waals surface area contributed by atoms with E-state index in [1.54, 1.807) is 22.9 Å². The van der Waals surface area contributed by atoms with Gasteiger partial charge >= 0.3 is 5.97 Å². The van der Waals surface area contributed by atoms with Gasteiger partial charge in [0.2, 0.25) is 0 Å². The highest BCUT2D eigenvalue weighted by Gasteiger charge is 2.13. The molecule has 0 bridgehead atoms. The number of nitrogen functional groups attached to an aromatic ring is 1. The van der Waals surface area contributed by atoms with Gasteiger partial charge in [0, 0.05) is 13.2 Å². The number of hydrogen-bond acceptors (Lipinski definition) is 5. The molecule has 2 rings (SSSR count). The second-order valence-electron chi connectivity index (χ2n) is 4.19. The molecule has 0 atom stereocenters. The first kappa shape index (κ1) is 12.9. The molecule has 0 radical (unpaired) electrons. The first-order valence-electron chi connectivity index (χ1n) is 5.77. The van der Waals surface area contributed by atoms with Crippen LogP contribution in [0.25, 0.3) is 0 Å². The zero-order valence-electron chi connectivity index (χ0n) is 11.1. The smallest absolute Gasteiger partial charge is 0.340 e. The molecule has 0 fully saturated rings. The molecule has 3 N–H and O–H groups in total. The predicted molar refractivity (Wildman–Crippen MR) is 73.4 cm³/mol. The number of methoxy groups -OCH3 is 1. The normalized spacial score (nSPS) is 10.3. The predicted octanol–water partition coefficient (Wildman–Crippen LogP) is 1.84. The summed E-state index contributed by atoms with van der Waals surface area (Å²) < 4.78 is 6.39. The van der Waals surface area contributed by atoms with Crippen molar-refractivity contribution in [1.82, 2.24) is 9.78 Å². The van der Waals surface area contributed by atoms with Gasteiger partial charge < -0.3 is 15.8 Å². The molecule has 0 spiro atoms. The summed E-state index contributed by atoms with van der Waals surface area (Å²) in [5.41, 5.74) is 9.02. The molecule has 0 saturated carbocycles. The number of aromatic nitrogens is 2. The fourth-order valence-corrected chi connectivity index (χ4v) is 1.83. The van der Waals surface area contributed by atoms with Gasteiger partial charge in [-0.05, 0) is 19.1 Å². The fourth-order valence-electron chi connectivity index (χ4n) is 1.83. The molecule has 0 amide bonds. The number of carbonyl (C=O) groups excluding carboxylic acids is 1. The molecule has 2 aromatic rings. The highest BCUT2D eigenvalue weighted by atomic mass is 16.5. The molecule has 0 unspecified atom stereocenters. The maximum absolute atomic E-state index is 11.6. The molecule has 19 heavy (non-hydrogen) atoms. The van der Waals surface area contributed by atoms with Gasteiger partial charge in [-0.1, -0.05) is 6.07 Å². The number of nitrogens with two attached hydrogens (primary N) is 1. The maximum Gasteiger partial charge on any atom is 0.340 e. The summed E-state index contributed by atoms with van der Waals surface area (Å²) in [6.45, 7) is 1.89. The maximum atomic E-state index is 11.6. The molecule has 0 aliphatic rings. The Bertz CT molecular complexity index is 619. The van der Waals surface area contributed by atoms with E-state index in [1.807, 2.05) is 20.2 Å². The van der Waals surface area contributed by atoms with Crippen LogP contribution in [0.2, 0.25) is 0 Å². The average Bonchev–Trinajstić information content (AvgIpc) is 2.69. The van der Waals surface area contributed by atoms with Crippen LogP contribution in [0.1, 0.15) is 16.1 Å². The minimum Gasteiger partial charge on any atom is -0.465 e. The van der Waals surface area contributed by atoms with E-state index in [0.29, 0.717) is 16.9 Å². The fraction of sp³-hybridized carbons (Fsp3) is 0.231. The number of nitrogens with one attached hydrogen (secondary N) is 1. The number of nitrogens with zero attached hydrogens (tertiary/aromatic N) is 2. The first-order chi connectivity index (χ1) is 9.02.